The minimum atomic E-state index is -0.956. The molecule has 1 aliphatic rings. The lowest BCUT2D eigenvalue weighted by atomic mass is 9.91. The lowest BCUT2D eigenvalue weighted by Gasteiger charge is -2.18. The van der Waals surface area contributed by atoms with Gasteiger partial charge in [0.25, 0.3) is 0 Å². The fraction of sp³-hybridized carbons (Fsp3) is 0.267. The van der Waals surface area contributed by atoms with Gasteiger partial charge in [-0.05, 0) is 35.2 Å². The Kier molecular flexibility index (Phi) is 2.38. The molecule has 0 radical (unpaired) electrons. The molecule has 2 aromatic carbocycles. The van der Waals surface area contributed by atoms with Gasteiger partial charge in [-0.3, -0.25) is 4.79 Å². The number of rotatable bonds is 3. The molecule has 1 unspecified atom stereocenters. The molecule has 0 bridgehead atoms. The van der Waals surface area contributed by atoms with E-state index in [1.165, 1.54) is 0 Å². The maximum Gasteiger partial charge on any atom is 0.312 e. The average Bonchev–Trinajstić information content (AvgIpc) is 3.19. The van der Waals surface area contributed by atoms with Crippen molar-refractivity contribution in [3.8, 4) is 0 Å². The zero-order valence-corrected chi connectivity index (χ0v) is 9.84. The highest BCUT2D eigenvalue weighted by Crippen LogP contribution is 2.55. The second-order valence-corrected chi connectivity index (χ2v) is 4.97. The van der Waals surface area contributed by atoms with Gasteiger partial charge >= 0.3 is 5.97 Å². The smallest absolute Gasteiger partial charge is 0.312 e. The highest BCUT2D eigenvalue weighted by molar-refractivity contribution is 5.84. The number of aliphatic carboxylic acids is 1. The minimum Gasteiger partial charge on any atom is -0.481 e. The quantitative estimate of drug-likeness (QED) is 0.870. The van der Waals surface area contributed by atoms with Crippen LogP contribution in [-0.2, 0) is 4.79 Å². The van der Waals surface area contributed by atoms with Crippen molar-refractivity contribution in [1.82, 2.24) is 0 Å². The normalized spacial score (nSPS) is 18.5. The summed E-state index contributed by atoms with van der Waals surface area (Å²) < 4.78 is 0. The molecular formula is C15H14O3. The van der Waals surface area contributed by atoms with Crippen molar-refractivity contribution in [3.63, 3.8) is 0 Å². The molecule has 1 fully saturated rings. The van der Waals surface area contributed by atoms with E-state index in [0.717, 1.165) is 10.8 Å². The summed E-state index contributed by atoms with van der Waals surface area (Å²) >= 11 is 0. The Morgan fingerprint density at radius 2 is 1.78 bits per heavy atom. The molecule has 1 atom stereocenters. The number of hydrogen-bond donors (Lipinski definition) is 2. The van der Waals surface area contributed by atoms with Gasteiger partial charge in [0.1, 0.15) is 0 Å². The number of aliphatic hydroxyl groups excluding tert-OH is 1. The maximum atomic E-state index is 11.2. The lowest BCUT2D eigenvalue weighted by Crippen LogP contribution is -2.23. The summed E-state index contributed by atoms with van der Waals surface area (Å²) in [6.45, 7) is 0. The van der Waals surface area contributed by atoms with Crippen molar-refractivity contribution in [2.45, 2.75) is 18.9 Å². The van der Waals surface area contributed by atoms with Crippen LogP contribution in [0.3, 0.4) is 0 Å². The molecule has 1 saturated carbocycles. The molecule has 1 aliphatic carbocycles. The zero-order chi connectivity index (χ0) is 12.8. The van der Waals surface area contributed by atoms with Crippen LogP contribution in [0.1, 0.15) is 24.5 Å². The molecule has 3 rings (SSSR count). The van der Waals surface area contributed by atoms with Crippen LogP contribution >= 0.6 is 0 Å². The number of carboxylic acids is 1. The van der Waals surface area contributed by atoms with E-state index in [2.05, 4.69) is 0 Å². The third-order valence-corrected chi connectivity index (χ3v) is 3.83. The van der Waals surface area contributed by atoms with Gasteiger partial charge in [-0.1, -0.05) is 36.4 Å². The Balaban J connectivity index is 2.02. The summed E-state index contributed by atoms with van der Waals surface area (Å²) in [6.07, 6.45) is 0.187. The summed E-state index contributed by atoms with van der Waals surface area (Å²) in [4.78, 5) is 11.2. The number of carboxylic acid groups (broad SMARTS) is 1. The maximum absolute atomic E-state index is 11.2. The predicted molar refractivity (Wildman–Crippen MR) is 68.2 cm³/mol. The first-order valence-electron chi connectivity index (χ1n) is 6.04. The molecule has 18 heavy (non-hydrogen) atoms. The summed E-state index contributed by atoms with van der Waals surface area (Å²) in [7, 11) is 0. The van der Waals surface area contributed by atoms with Gasteiger partial charge in [-0.25, -0.2) is 0 Å². The van der Waals surface area contributed by atoms with E-state index in [1.807, 2.05) is 42.5 Å². The molecule has 0 aliphatic heterocycles. The minimum absolute atomic E-state index is 0.552. The Morgan fingerprint density at radius 1 is 1.11 bits per heavy atom. The number of aliphatic hydroxyl groups is 1. The molecule has 0 spiro atoms. The molecule has 0 amide bonds. The molecule has 3 heteroatoms. The van der Waals surface area contributed by atoms with E-state index in [0.29, 0.717) is 18.4 Å². The third-order valence-electron chi connectivity index (χ3n) is 3.83. The average molecular weight is 242 g/mol. The molecule has 2 aromatic rings. The van der Waals surface area contributed by atoms with Crippen molar-refractivity contribution < 1.29 is 15.0 Å². The van der Waals surface area contributed by atoms with E-state index < -0.39 is 17.5 Å². The molecule has 0 heterocycles. The van der Waals surface area contributed by atoms with Gasteiger partial charge in [-0.15, -0.1) is 0 Å². The van der Waals surface area contributed by atoms with Crippen molar-refractivity contribution >= 4 is 16.7 Å². The first-order valence-corrected chi connectivity index (χ1v) is 6.04. The van der Waals surface area contributed by atoms with Crippen LogP contribution in [0.2, 0.25) is 0 Å². The fourth-order valence-corrected chi connectivity index (χ4v) is 2.44. The zero-order valence-electron chi connectivity index (χ0n) is 9.84. The van der Waals surface area contributed by atoms with E-state index in [1.54, 1.807) is 0 Å². The highest BCUT2D eigenvalue weighted by Gasteiger charge is 2.56. The number of benzene rings is 2. The van der Waals surface area contributed by atoms with Gasteiger partial charge in [0.15, 0.2) is 0 Å². The van der Waals surface area contributed by atoms with E-state index >= 15 is 0 Å². The van der Waals surface area contributed by atoms with Gasteiger partial charge < -0.3 is 10.2 Å². The number of carbonyl (C=O) groups is 1. The van der Waals surface area contributed by atoms with Gasteiger partial charge in [0.05, 0.1) is 11.5 Å². The highest BCUT2D eigenvalue weighted by atomic mass is 16.4. The van der Waals surface area contributed by atoms with Gasteiger partial charge in [0.2, 0.25) is 0 Å². The second-order valence-electron chi connectivity index (χ2n) is 4.97. The van der Waals surface area contributed by atoms with Crippen LogP contribution in [0.4, 0.5) is 0 Å². The van der Waals surface area contributed by atoms with Crippen LogP contribution in [0, 0.1) is 5.41 Å². The molecular weight excluding hydrogens is 228 g/mol. The Hall–Kier alpha value is -1.87. The third kappa shape index (κ3) is 1.59. The van der Waals surface area contributed by atoms with Crippen molar-refractivity contribution in [2.75, 3.05) is 0 Å². The van der Waals surface area contributed by atoms with Gasteiger partial charge in [-0.2, -0.15) is 0 Å². The fourth-order valence-electron chi connectivity index (χ4n) is 2.44. The van der Waals surface area contributed by atoms with E-state index in [-0.39, 0.29) is 0 Å². The van der Waals surface area contributed by atoms with E-state index in [9.17, 15) is 15.0 Å². The van der Waals surface area contributed by atoms with Gasteiger partial charge in [0, 0.05) is 0 Å². The largest absolute Gasteiger partial charge is 0.481 e. The molecule has 92 valence electrons. The Morgan fingerprint density at radius 3 is 2.39 bits per heavy atom. The lowest BCUT2D eigenvalue weighted by molar-refractivity contribution is -0.148. The Bertz CT molecular complexity index is 614. The number of hydrogen-bond acceptors (Lipinski definition) is 2. The SMILES string of the molecule is O=C(O)C1(C(O)c2ccc3ccccc3c2)CC1. The summed E-state index contributed by atoms with van der Waals surface area (Å²) in [5, 5.41) is 21.6. The van der Waals surface area contributed by atoms with Crippen molar-refractivity contribution in [3.05, 3.63) is 48.0 Å². The molecule has 3 nitrogen and oxygen atoms in total. The second kappa shape index (κ2) is 3.82. The predicted octanol–water partition coefficient (Wildman–Crippen LogP) is 2.74. The monoisotopic (exact) mass is 242 g/mol. The molecule has 2 N–H and O–H groups in total. The summed E-state index contributed by atoms with van der Waals surface area (Å²) in [5.41, 5.74) is -0.267. The topological polar surface area (TPSA) is 57.5 Å². The summed E-state index contributed by atoms with van der Waals surface area (Å²) in [5.74, 6) is -0.900. The van der Waals surface area contributed by atoms with Crippen LogP contribution in [0.15, 0.2) is 42.5 Å². The standard InChI is InChI=1S/C15H14O3/c16-13(15(7-8-15)14(17)18)12-6-5-10-3-1-2-4-11(10)9-12/h1-6,9,13,16H,7-8H2,(H,17,18). The van der Waals surface area contributed by atoms with Crippen LogP contribution in [0.5, 0.6) is 0 Å². The molecule has 0 aromatic heterocycles. The first-order chi connectivity index (χ1) is 8.63. The first kappa shape index (κ1) is 11.2. The van der Waals surface area contributed by atoms with Crippen LogP contribution in [-0.4, -0.2) is 16.2 Å². The van der Waals surface area contributed by atoms with Crippen molar-refractivity contribution in [1.29, 1.82) is 0 Å². The number of fused-ring (bicyclic) bond motifs is 1. The van der Waals surface area contributed by atoms with E-state index in [4.69, 9.17) is 0 Å². The molecule has 0 saturated heterocycles. The van der Waals surface area contributed by atoms with Crippen molar-refractivity contribution in [2.24, 2.45) is 5.41 Å². The Labute approximate surface area is 105 Å². The van der Waals surface area contributed by atoms with Crippen LogP contribution in [0.25, 0.3) is 10.8 Å². The van der Waals surface area contributed by atoms with Crippen LogP contribution < -0.4 is 0 Å². The summed E-state index contributed by atoms with van der Waals surface area (Å²) in [6, 6.07) is 13.5.